The Kier molecular flexibility index (Phi) is 6.66. The van der Waals surface area contributed by atoms with Gasteiger partial charge in [0.1, 0.15) is 18.4 Å². The molecule has 0 bridgehead atoms. The summed E-state index contributed by atoms with van der Waals surface area (Å²) in [5, 5.41) is 9.67. The van der Waals surface area contributed by atoms with E-state index in [-0.39, 0.29) is 17.7 Å². The fraction of sp³-hybridized carbons (Fsp3) is 0.273. The van der Waals surface area contributed by atoms with Gasteiger partial charge in [0, 0.05) is 5.39 Å². The van der Waals surface area contributed by atoms with Crippen LogP contribution in [0.5, 0.6) is 5.75 Å². The molecule has 2 N–H and O–H groups in total. The minimum Gasteiger partial charge on any atom is -0.491 e. The Bertz CT molecular complexity index is 933. The van der Waals surface area contributed by atoms with Crippen LogP contribution in [-0.2, 0) is 4.79 Å². The van der Waals surface area contributed by atoms with Crippen molar-refractivity contribution in [1.29, 1.82) is 0 Å². The number of benzene rings is 2. The molecule has 0 aliphatic rings. The lowest BCUT2D eigenvalue weighted by molar-refractivity contribution is -0.124. The zero-order valence-electron chi connectivity index (χ0n) is 16.0. The van der Waals surface area contributed by atoms with E-state index in [2.05, 4.69) is 10.6 Å². The lowest BCUT2D eigenvalue weighted by Crippen LogP contribution is -2.50. The first-order valence-electron chi connectivity index (χ1n) is 9.29. The molecule has 0 spiro atoms. The molecule has 28 heavy (non-hydrogen) atoms. The summed E-state index contributed by atoms with van der Waals surface area (Å²) in [7, 11) is 0. The number of nitrogens with one attached hydrogen (secondary N) is 2. The van der Waals surface area contributed by atoms with Crippen LogP contribution in [0.25, 0.3) is 10.8 Å². The van der Waals surface area contributed by atoms with Gasteiger partial charge in [-0.15, -0.1) is 11.3 Å². The number of fused-ring (bicyclic) bond motifs is 1. The average molecular weight is 397 g/mol. The van der Waals surface area contributed by atoms with E-state index in [1.807, 2.05) is 67.8 Å². The van der Waals surface area contributed by atoms with E-state index in [1.165, 1.54) is 11.3 Å². The van der Waals surface area contributed by atoms with Gasteiger partial charge in [-0.1, -0.05) is 56.3 Å². The van der Waals surface area contributed by atoms with E-state index in [4.69, 9.17) is 4.74 Å². The van der Waals surface area contributed by atoms with Gasteiger partial charge in [-0.25, -0.2) is 0 Å². The van der Waals surface area contributed by atoms with E-state index in [0.717, 1.165) is 16.5 Å². The van der Waals surface area contributed by atoms with Crippen molar-refractivity contribution >= 4 is 33.9 Å². The van der Waals surface area contributed by atoms with Crippen molar-refractivity contribution in [3.05, 3.63) is 64.9 Å². The molecule has 1 unspecified atom stereocenters. The van der Waals surface area contributed by atoms with Crippen molar-refractivity contribution in [3.8, 4) is 5.75 Å². The Morgan fingerprint density at radius 1 is 1.04 bits per heavy atom. The number of hydrogen-bond donors (Lipinski definition) is 2. The van der Waals surface area contributed by atoms with E-state index in [0.29, 0.717) is 18.0 Å². The Morgan fingerprint density at radius 2 is 1.82 bits per heavy atom. The topological polar surface area (TPSA) is 67.4 Å². The van der Waals surface area contributed by atoms with Gasteiger partial charge in [-0.3, -0.25) is 9.59 Å². The first-order valence-corrected chi connectivity index (χ1v) is 10.2. The van der Waals surface area contributed by atoms with Crippen molar-refractivity contribution in [1.82, 2.24) is 10.6 Å². The molecule has 0 fully saturated rings. The van der Waals surface area contributed by atoms with Gasteiger partial charge < -0.3 is 15.4 Å². The summed E-state index contributed by atoms with van der Waals surface area (Å²) in [5.74, 6) is 0.332. The van der Waals surface area contributed by atoms with Gasteiger partial charge in [0.25, 0.3) is 5.91 Å². The van der Waals surface area contributed by atoms with Crippen LogP contribution < -0.4 is 15.4 Å². The predicted octanol–water partition coefficient (Wildman–Crippen LogP) is 3.85. The second-order valence-electron chi connectivity index (χ2n) is 6.79. The average Bonchev–Trinajstić information content (AvgIpc) is 3.24. The zero-order valence-corrected chi connectivity index (χ0v) is 16.8. The second kappa shape index (κ2) is 9.37. The fourth-order valence-corrected chi connectivity index (χ4v) is 3.55. The smallest absolute Gasteiger partial charge is 0.262 e. The maximum Gasteiger partial charge on any atom is 0.262 e. The quantitative estimate of drug-likeness (QED) is 0.568. The van der Waals surface area contributed by atoms with Crippen molar-refractivity contribution in [3.63, 3.8) is 0 Å². The molecule has 1 aromatic heterocycles. The van der Waals surface area contributed by atoms with Crippen LogP contribution in [0.2, 0.25) is 0 Å². The van der Waals surface area contributed by atoms with Gasteiger partial charge in [0.05, 0.1) is 11.4 Å². The lowest BCUT2D eigenvalue weighted by atomic mass is 10.0. The van der Waals surface area contributed by atoms with Crippen molar-refractivity contribution < 1.29 is 14.3 Å². The van der Waals surface area contributed by atoms with Crippen LogP contribution >= 0.6 is 11.3 Å². The number of carbonyl (C=O) groups excluding carboxylic acids is 2. The minimum absolute atomic E-state index is 0.0251. The van der Waals surface area contributed by atoms with Crippen molar-refractivity contribution in [2.24, 2.45) is 5.92 Å². The summed E-state index contributed by atoms with van der Waals surface area (Å²) in [6.07, 6.45) is 0. The molecule has 146 valence electrons. The van der Waals surface area contributed by atoms with Gasteiger partial charge in [0.2, 0.25) is 5.91 Å². The van der Waals surface area contributed by atoms with E-state index < -0.39 is 6.04 Å². The molecular weight excluding hydrogens is 372 g/mol. The molecule has 0 saturated carbocycles. The van der Waals surface area contributed by atoms with E-state index in [9.17, 15) is 9.59 Å². The van der Waals surface area contributed by atoms with Gasteiger partial charge >= 0.3 is 0 Å². The molecule has 3 aromatic rings. The largest absolute Gasteiger partial charge is 0.491 e. The molecular formula is C22H24N2O3S. The number of ether oxygens (including phenoxy) is 1. The normalized spacial score (nSPS) is 12.0. The SMILES string of the molecule is CC(C)C(NC(=O)c1cccs1)C(=O)NCCOc1cccc2ccccc12. The molecule has 2 aromatic carbocycles. The molecule has 0 aliphatic heterocycles. The molecule has 2 amide bonds. The van der Waals surface area contributed by atoms with Crippen LogP contribution in [-0.4, -0.2) is 31.0 Å². The summed E-state index contributed by atoms with van der Waals surface area (Å²) >= 11 is 1.35. The first kappa shape index (κ1) is 19.9. The van der Waals surface area contributed by atoms with E-state index >= 15 is 0 Å². The summed E-state index contributed by atoms with van der Waals surface area (Å²) in [6.45, 7) is 4.53. The van der Waals surface area contributed by atoms with Crippen LogP contribution in [0, 0.1) is 5.92 Å². The molecule has 6 heteroatoms. The first-order chi connectivity index (χ1) is 13.6. The standard InChI is InChI=1S/C22H24N2O3S/c1-15(2)20(24-21(25)19-11-6-14-28-19)22(26)23-12-13-27-18-10-5-8-16-7-3-4-9-17(16)18/h3-11,14-15,20H,12-13H2,1-2H3,(H,23,26)(H,24,25). The highest BCUT2D eigenvalue weighted by Crippen LogP contribution is 2.24. The summed E-state index contributed by atoms with van der Waals surface area (Å²) in [5.41, 5.74) is 0. The van der Waals surface area contributed by atoms with Crippen LogP contribution in [0.3, 0.4) is 0 Å². The third-order valence-corrected chi connectivity index (χ3v) is 5.26. The van der Waals surface area contributed by atoms with Gasteiger partial charge in [0.15, 0.2) is 0 Å². The highest BCUT2D eigenvalue weighted by Gasteiger charge is 2.24. The molecule has 0 saturated heterocycles. The third-order valence-electron chi connectivity index (χ3n) is 4.39. The van der Waals surface area contributed by atoms with Crippen molar-refractivity contribution in [2.75, 3.05) is 13.2 Å². The summed E-state index contributed by atoms with van der Waals surface area (Å²) < 4.78 is 5.85. The molecule has 1 atom stereocenters. The maximum absolute atomic E-state index is 12.5. The Labute approximate surface area is 168 Å². The highest BCUT2D eigenvalue weighted by molar-refractivity contribution is 7.12. The minimum atomic E-state index is -0.591. The van der Waals surface area contributed by atoms with E-state index in [1.54, 1.807) is 6.07 Å². The second-order valence-corrected chi connectivity index (χ2v) is 7.74. The summed E-state index contributed by atoms with van der Waals surface area (Å²) in [6, 6.07) is 16.9. The van der Waals surface area contributed by atoms with Gasteiger partial charge in [-0.2, -0.15) is 0 Å². The van der Waals surface area contributed by atoms with Crippen LogP contribution in [0.1, 0.15) is 23.5 Å². The van der Waals surface area contributed by atoms with Crippen LogP contribution in [0.15, 0.2) is 60.0 Å². The molecule has 1 heterocycles. The number of rotatable bonds is 8. The predicted molar refractivity (Wildman–Crippen MR) is 113 cm³/mol. The summed E-state index contributed by atoms with van der Waals surface area (Å²) in [4.78, 5) is 25.4. The molecule has 0 aliphatic carbocycles. The Balaban J connectivity index is 1.52. The van der Waals surface area contributed by atoms with Crippen LogP contribution in [0.4, 0.5) is 0 Å². The number of hydrogen-bond acceptors (Lipinski definition) is 4. The number of carbonyl (C=O) groups is 2. The fourth-order valence-electron chi connectivity index (χ4n) is 2.92. The zero-order chi connectivity index (χ0) is 19.9. The molecule has 0 radical (unpaired) electrons. The highest BCUT2D eigenvalue weighted by atomic mass is 32.1. The monoisotopic (exact) mass is 396 g/mol. The Morgan fingerprint density at radius 3 is 2.57 bits per heavy atom. The Hall–Kier alpha value is -2.86. The van der Waals surface area contributed by atoms with Gasteiger partial charge in [-0.05, 0) is 28.8 Å². The molecule has 5 nitrogen and oxygen atoms in total. The third kappa shape index (κ3) is 4.89. The molecule has 3 rings (SSSR count). The number of thiophene rings is 1. The number of amides is 2. The maximum atomic E-state index is 12.5. The van der Waals surface area contributed by atoms with Crippen molar-refractivity contribution in [2.45, 2.75) is 19.9 Å². The lowest BCUT2D eigenvalue weighted by Gasteiger charge is -2.21.